The first-order chi connectivity index (χ1) is 9.34. The molecular weight excluding hydrogens is 240 g/mol. The first kappa shape index (κ1) is 16.4. The molecule has 19 heavy (non-hydrogen) atoms. The summed E-state index contributed by atoms with van der Waals surface area (Å²) >= 11 is 0. The first-order valence-corrected chi connectivity index (χ1v) is 7.91. The number of unbranched alkanes of at least 4 members (excludes halogenated alkanes) is 5. The van der Waals surface area contributed by atoms with E-state index in [4.69, 9.17) is 4.74 Å². The molecule has 0 aromatic heterocycles. The standard InChI is InChI=1S/C15H30N2O2/c1-2-3-4-5-6-7-13-19-14-8-15(18)17-11-9-16-10-12-17/h16H,2-14H2,1H3. The zero-order valence-corrected chi connectivity index (χ0v) is 12.5. The quantitative estimate of drug-likeness (QED) is 0.619. The highest BCUT2D eigenvalue weighted by Crippen LogP contribution is 2.05. The Bertz CT molecular complexity index is 228. The number of hydrogen-bond donors (Lipinski definition) is 1. The number of rotatable bonds is 10. The van der Waals surface area contributed by atoms with Gasteiger partial charge in [0.15, 0.2) is 0 Å². The summed E-state index contributed by atoms with van der Waals surface area (Å²) in [5.41, 5.74) is 0. The molecule has 0 spiro atoms. The second kappa shape index (κ2) is 11.2. The minimum atomic E-state index is 0.240. The Morgan fingerprint density at radius 2 is 1.74 bits per heavy atom. The van der Waals surface area contributed by atoms with Gasteiger partial charge >= 0.3 is 0 Å². The molecule has 0 aromatic carbocycles. The van der Waals surface area contributed by atoms with Gasteiger partial charge < -0.3 is 15.0 Å². The number of piperazine rings is 1. The molecule has 0 radical (unpaired) electrons. The van der Waals surface area contributed by atoms with E-state index in [1.807, 2.05) is 4.90 Å². The van der Waals surface area contributed by atoms with Gasteiger partial charge in [-0.05, 0) is 6.42 Å². The SMILES string of the molecule is CCCCCCCCOCCC(=O)N1CCNCC1. The van der Waals surface area contributed by atoms with Crippen molar-refractivity contribution in [3.8, 4) is 0 Å². The average Bonchev–Trinajstić information content (AvgIpc) is 2.46. The van der Waals surface area contributed by atoms with Crippen molar-refractivity contribution >= 4 is 5.91 Å². The van der Waals surface area contributed by atoms with Crippen molar-refractivity contribution in [2.75, 3.05) is 39.4 Å². The highest BCUT2D eigenvalue weighted by atomic mass is 16.5. The Balaban J connectivity index is 1.86. The third-order valence-electron chi connectivity index (χ3n) is 3.57. The normalized spacial score (nSPS) is 15.7. The largest absolute Gasteiger partial charge is 0.381 e. The van der Waals surface area contributed by atoms with E-state index in [1.165, 1.54) is 32.1 Å². The summed E-state index contributed by atoms with van der Waals surface area (Å²) in [5, 5.41) is 3.25. The van der Waals surface area contributed by atoms with Crippen molar-refractivity contribution < 1.29 is 9.53 Å². The third-order valence-corrected chi connectivity index (χ3v) is 3.57. The fourth-order valence-corrected chi connectivity index (χ4v) is 2.32. The molecule has 1 fully saturated rings. The van der Waals surface area contributed by atoms with Crippen LogP contribution in [0.25, 0.3) is 0 Å². The fourth-order valence-electron chi connectivity index (χ4n) is 2.32. The maximum atomic E-state index is 11.8. The maximum absolute atomic E-state index is 11.8. The summed E-state index contributed by atoms with van der Waals surface area (Å²) < 4.78 is 5.54. The Labute approximate surface area is 117 Å². The molecule has 1 heterocycles. The van der Waals surface area contributed by atoms with E-state index in [0.717, 1.165) is 39.2 Å². The highest BCUT2D eigenvalue weighted by Gasteiger charge is 2.15. The number of carbonyl (C=O) groups is 1. The number of amides is 1. The molecule has 0 saturated carbocycles. The maximum Gasteiger partial charge on any atom is 0.224 e. The lowest BCUT2D eigenvalue weighted by Crippen LogP contribution is -2.46. The van der Waals surface area contributed by atoms with Crippen LogP contribution in [0.2, 0.25) is 0 Å². The van der Waals surface area contributed by atoms with Crippen LogP contribution in [0.5, 0.6) is 0 Å². The minimum Gasteiger partial charge on any atom is -0.381 e. The number of nitrogens with zero attached hydrogens (tertiary/aromatic N) is 1. The molecule has 1 aliphatic heterocycles. The molecule has 0 atom stereocenters. The molecule has 1 rings (SSSR count). The predicted octanol–water partition coefficient (Wildman–Crippen LogP) is 2.19. The van der Waals surface area contributed by atoms with Gasteiger partial charge in [-0.1, -0.05) is 39.0 Å². The second-order valence-corrected chi connectivity index (χ2v) is 5.26. The molecule has 0 aromatic rings. The van der Waals surface area contributed by atoms with Gasteiger partial charge in [-0.3, -0.25) is 4.79 Å². The van der Waals surface area contributed by atoms with Crippen molar-refractivity contribution in [2.45, 2.75) is 51.9 Å². The lowest BCUT2D eigenvalue weighted by atomic mass is 10.1. The molecule has 1 aliphatic rings. The van der Waals surface area contributed by atoms with Crippen LogP contribution < -0.4 is 5.32 Å². The van der Waals surface area contributed by atoms with Gasteiger partial charge in [0.05, 0.1) is 13.0 Å². The van der Waals surface area contributed by atoms with Gasteiger partial charge in [0.25, 0.3) is 0 Å². The van der Waals surface area contributed by atoms with Crippen molar-refractivity contribution in [1.82, 2.24) is 10.2 Å². The van der Waals surface area contributed by atoms with Crippen LogP contribution in [0.3, 0.4) is 0 Å². The third kappa shape index (κ3) is 8.22. The van der Waals surface area contributed by atoms with E-state index in [0.29, 0.717) is 13.0 Å². The Hall–Kier alpha value is -0.610. The fraction of sp³-hybridized carbons (Fsp3) is 0.933. The smallest absolute Gasteiger partial charge is 0.224 e. The first-order valence-electron chi connectivity index (χ1n) is 7.91. The number of hydrogen-bond acceptors (Lipinski definition) is 3. The van der Waals surface area contributed by atoms with Gasteiger partial charge in [-0.25, -0.2) is 0 Å². The molecule has 1 saturated heterocycles. The molecule has 4 heteroatoms. The lowest BCUT2D eigenvalue weighted by molar-refractivity contribution is -0.132. The Morgan fingerprint density at radius 3 is 2.47 bits per heavy atom. The number of nitrogens with one attached hydrogen (secondary N) is 1. The summed E-state index contributed by atoms with van der Waals surface area (Å²) in [5.74, 6) is 0.240. The van der Waals surface area contributed by atoms with Crippen LogP contribution >= 0.6 is 0 Å². The van der Waals surface area contributed by atoms with Crippen LogP contribution in [0, 0.1) is 0 Å². The van der Waals surface area contributed by atoms with Gasteiger partial charge in [0.2, 0.25) is 5.91 Å². The van der Waals surface area contributed by atoms with E-state index < -0.39 is 0 Å². The topological polar surface area (TPSA) is 41.6 Å². The van der Waals surface area contributed by atoms with Crippen molar-refractivity contribution in [2.24, 2.45) is 0 Å². The number of ether oxygens (including phenoxy) is 1. The predicted molar refractivity (Wildman–Crippen MR) is 78.3 cm³/mol. The zero-order valence-electron chi connectivity index (χ0n) is 12.5. The minimum absolute atomic E-state index is 0.240. The Morgan fingerprint density at radius 1 is 1.05 bits per heavy atom. The van der Waals surface area contributed by atoms with Crippen LogP contribution in [-0.4, -0.2) is 50.2 Å². The highest BCUT2D eigenvalue weighted by molar-refractivity contribution is 5.76. The van der Waals surface area contributed by atoms with Crippen LogP contribution in [-0.2, 0) is 9.53 Å². The molecule has 1 amide bonds. The summed E-state index contributed by atoms with van der Waals surface area (Å²) in [6, 6.07) is 0. The van der Waals surface area contributed by atoms with Gasteiger partial charge in [-0.15, -0.1) is 0 Å². The molecule has 1 N–H and O–H groups in total. The molecule has 0 aliphatic carbocycles. The van der Waals surface area contributed by atoms with Gasteiger partial charge in [0, 0.05) is 32.8 Å². The van der Waals surface area contributed by atoms with E-state index in [2.05, 4.69) is 12.2 Å². The van der Waals surface area contributed by atoms with E-state index >= 15 is 0 Å². The Kier molecular flexibility index (Phi) is 9.72. The molecule has 0 unspecified atom stereocenters. The summed E-state index contributed by atoms with van der Waals surface area (Å²) in [6.07, 6.45) is 8.23. The summed E-state index contributed by atoms with van der Waals surface area (Å²) in [4.78, 5) is 13.8. The van der Waals surface area contributed by atoms with E-state index in [9.17, 15) is 4.79 Å². The summed E-state index contributed by atoms with van der Waals surface area (Å²) in [6.45, 7) is 7.15. The molecule has 0 bridgehead atoms. The van der Waals surface area contributed by atoms with Crippen molar-refractivity contribution in [1.29, 1.82) is 0 Å². The lowest BCUT2D eigenvalue weighted by Gasteiger charge is -2.27. The molecule has 4 nitrogen and oxygen atoms in total. The second-order valence-electron chi connectivity index (χ2n) is 5.26. The van der Waals surface area contributed by atoms with Gasteiger partial charge in [-0.2, -0.15) is 0 Å². The molecular formula is C15H30N2O2. The van der Waals surface area contributed by atoms with E-state index in [1.54, 1.807) is 0 Å². The van der Waals surface area contributed by atoms with Crippen molar-refractivity contribution in [3.63, 3.8) is 0 Å². The van der Waals surface area contributed by atoms with Crippen LogP contribution in [0.1, 0.15) is 51.9 Å². The monoisotopic (exact) mass is 270 g/mol. The van der Waals surface area contributed by atoms with Crippen molar-refractivity contribution in [3.05, 3.63) is 0 Å². The zero-order chi connectivity index (χ0) is 13.8. The van der Waals surface area contributed by atoms with Gasteiger partial charge in [0.1, 0.15) is 0 Å². The van der Waals surface area contributed by atoms with Crippen LogP contribution in [0.15, 0.2) is 0 Å². The van der Waals surface area contributed by atoms with E-state index in [-0.39, 0.29) is 5.91 Å². The average molecular weight is 270 g/mol. The van der Waals surface area contributed by atoms with Crippen LogP contribution in [0.4, 0.5) is 0 Å². The number of carbonyl (C=O) groups excluding carboxylic acids is 1. The summed E-state index contributed by atoms with van der Waals surface area (Å²) in [7, 11) is 0. The molecule has 112 valence electrons.